The van der Waals surface area contributed by atoms with Crippen LogP contribution in [0, 0.1) is 5.82 Å². The first-order valence-electron chi connectivity index (χ1n) is 8.86. The molecule has 0 atom stereocenters. The van der Waals surface area contributed by atoms with Crippen LogP contribution in [-0.4, -0.2) is 29.5 Å². The van der Waals surface area contributed by atoms with Crippen LogP contribution in [0.15, 0.2) is 60.9 Å². The molecule has 0 aliphatic carbocycles. The molecule has 0 saturated heterocycles. The van der Waals surface area contributed by atoms with Crippen LogP contribution in [0.5, 0.6) is 5.75 Å². The molecule has 7 heteroatoms. The monoisotopic (exact) mass is 380 g/mol. The van der Waals surface area contributed by atoms with E-state index in [2.05, 4.69) is 20.6 Å². The van der Waals surface area contributed by atoms with E-state index in [4.69, 9.17) is 4.74 Å². The minimum atomic E-state index is -0.320. The van der Waals surface area contributed by atoms with Gasteiger partial charge in [0.05, 0.1) is 7.11 Å². The molecular formula is C21H21FN4O2. The molecule has 0 bridgehead atoms. The zero-order valence-corrected chi connectivity index (χ0v) is 15.5. The summed E-state index contributed by atoms with van der Waals surface area (Å²) in [6.45, 7) is 0.924. The smallest absolute Gasteiger partial charge is 0.270 e. The molecule has 1 amide bonds. The second kappa shape index (κ2) is 9.45. The Bertz CT molecular complexity index is 932. The normalized spacial score (nSPS) is 10.4. The number of amides is 1. The lowest BCUT2D eigenvalue weighted by atomic mass is 10.1. The third-order valence-corrected chi connectivity index (χ3v) is 4.16. The number of ether oxygens (including phenoxy) is 1. The lowest BCUT2D eigenvalue weighted by Gasteiger charge is -2.10. The van der Waals surface area contributed by atoms with Crippen molar-refractivity contribution in [2.75, 3.05) is 19.0 Å². The fraction of sp³-hybridized carbons (Fsp3) is 0.190. The van der Waals surface area contributed by atoms with Gasteiger partial charge in [-0.15, -0.1) is 0 Å². The summed E-state index contributed by atoms with van der Waals surface area (Å²) in [6, 6.07) is 15.4. The van der Waals surface area contributed by atoms with Gasteiger partial charge in [-0.3, -0.25) is 4.79 Å². The van der Waals surface area contributed by atoms with Gasteiger partial charge in [0.15, 0.2) is 0 Å². The van der Waals surface area contributed by atoms with Gasteiger partial charge in [0, 0.05) is 19.2 Å². The third kappa shape index (κ3) is 5.26. The number of halogens is 1. The van der Waals surface area contributed by atoms with Crippen LogP contribution >= 0.6 is 0 Å². The first-order chi connectivity index (χ1) is 13.7. The average Bonchev–Trinajstić information content (AvgIpc) is 2.73. The fourth-order valence-corrected chi connectivity index (χ4v) is 2.69. The van der Waals surface area contributed by atoms with E-state index in [-0.39, 0.29) is 17.4 Å². The second-order valence-corrected chi connectivity index (χ2v) is 6.09. The largest absolute Gasteiger partial charge is 0.496 e. The summed E-state index contributed by atoms with van der Waals surface area (Å²) in [5, 5.41) is 5.95. The highest BCUT2D eigenvalue weighted by Crippen LogP contribution is 2.17. The summed E-state index contributed by atoms with van der Waals surface area (Å²) in [7, 11) is 1.65. The van der Waals surface area contributed by atoms with Crippen molar-refractivity contribution in [3.63, 3.8) is 0 Å². The van der Waals surface area contributed by atoms with E-state index in [1.54, 1.807) is 25.3 Å². The molecule has 0 radical (unpaired) electrons. The molecule has 0 fully saturated rings. The molecule has 1 heterocycles. The number of methoxy groups -OCH3 is 1. The summed E-state index contributed by atoms with van der Waals surface area (Å²) < 4.78 is 18.3. The molecule has 2 aromatic carbocycles. The topological polar surface area (TPSA) is 76.1 Å². The lowest BCUT2D eigenvalue weighted by Crippen LogP contribution is -2.24. The Morgan fingerprint density at radius 1 is 1.11 bits per heavy atom. The van der Waals surface area contributed by atoms with Crippen LogP contribution in [0.25, 0.3) is 0 Å². The highest BCUT2D eigenvalue weighted by molar-refractivity contribution is 5.92. The highest BCUT2D eigenvalue weighted by atomic mass is 19.1. The summed E-state index contributed by atoms with van der Waals surface area (Å²) >= 11 is 0. The van der Waals surface area contributed by atoms with Gasteiger partial charge in [-0.1, -0.05) is 30.3 Å². The summed E-state index contributed by atoms with van der Waals surface area (Å²) in [6.07, 6.45) is 2.10. The van der Waals surface area contributed by atoms with Crippen LogP contribution in [0.1, 0.15) is 21.6 Å². The molecule has 0 aliphatic heterocycles. The van der Waals surface area contributed by atoms with Crippen molar-refractivity contribution in [3.8, 4) is 5.75 Å². The van der Waals surface area contributed by atoms with E-state index >= 15 is 0 Å². The van der Waals surface area contributed by atoms with Gasteiger partial charge in [-0.25, -0.2) is 14.4 Å². The Balaban J connectivity index is 1.54. The highest BCUT2D eigenvalue weighted by Gasteiger charge is 2.09. The van der Waals surface area contributed by atoms with E-state index in [9.17, 15) is 9.18 Å². The number of nitrogens with zero attached hydrogens (tertiary/aromatic N) is 2. The quantitative estimate of drug-likeness (QED) is 0.628. The van der Waals surface area contributed by atoms with Gasteiger partial charge >= 0.3 is 0 Å². The zero-order chi connectivity index (χ0) is 19.8. The molecule has 0 unspecified atom stereocenters. The molecular weight excluding hydrogens is 359 g/mol. The Kier molecular flexibility index (Phi) is 6.51. The Hall–Kier alpha value is -3.48. The first kappa shape index (κ1) is 19.3. The van der Waals surface area contributed by atoms with Gasteiger partial charge in [-0.2, -0.15) is 0 Å². The van der Waals surface area contributed by atoms with Crippen LogP contribution < -0.4 is 15.4 Å². The summed E-state index contributed by atoms with van der Waals surface area (Å²) in [5.41, 5.74) is 2.15. The Morgan fingerprint density at radius 3 is 2.68 bits per heavy atom. The standard InChI is InChI=1S/C21H21FN4O2/c1-28-19-5-3-2-4-16(19)10-11-23-20-12-18(25-14-26-20)21(27)24-13-15-6-8-17(22)9-7-15/h2-9,12,14H,10-11,13H2,1H3,(H,24,27)(H,23,25,26). The predicted molar refractivity (Wildman–Crippen MR) is 105 cm³/mol. The van der Waals surface area contributed by atoms with Gasteiger partial charge < -0.3 is 15.4 Å². The van der Waals surface area contributed by atoms with E-state index in [1.165, 1.54) is 18.5 Å². The van der Waals surface area contributed by atoms with E-state index in [0.717, 1.165) is 23.3 Å². The second-order valence-electron chi connectivity index (χ2n) is 6.09. The maximum absolute atomic E-state index is 12.9. The maximum atomic E-state index is 12.9. The van der Waals surface area contributed by atoms with Gasteiger partial charge in [0.2, 0.25) is 0 Å². The molecule has 2 N–H and O–H groups in total. The molecule has 0 aliphatic rings. The van der Waals surface area contributed by atoms with Crippen molar-refractivity contribution >= 4 is 11.7 Å². The predicted octanol–water partition coefficient (Wildman–Crippen LogP) is 3.21. The summed E-state index contributed by atoms with van der Waals surface area (Å²) in [5.74, 6) is 0.777. The lowest BCUT2D eigenvalue weighted by molar-refractivity contribution is 0.0946. The third-order valence-electron chi connectivity index (χ3n) is 4.16. The molecule has 0 spiro atoms. The summed E-state index contributed by atoms with van der Waals surface area (Å²) in [4.78, 5) is 20.5. The van der Waals surface area contributed by atoms with E-state index in [0.29, 0.717) is 18.9 Å². The number of carbonyl (C=O) groups excluding carboxylic acids is 1. The minimum absolute atomic E-state index is 0.261. The number of carbonyl (C=O) groups is 1. The number of nitrogens with one attached hydrogen (secondary N) is 2. The van der Waals surface area contributed by atoms with Crippen molar-refractivity contribution in [2.45, 2.75) is 13.0 Å². The molecule has 1 aromatic heterocycles. The van der Waals surface area contributed by atoms with Gasteiger partial charge in [-0.05, 0) is 35.7 Å². The molecule has 6 nitrogen and oxygen atoms in total. The number of benzene rings is 2. The van der Waals surface area contributed by atoms with Gasteiger partial charge in [0.25, 0.3) is 5.91 Å². The maximum Gasteiger partial charge on any atom is 0.270 e. The molecule has 3 rings (SSSR count). The Labute approximate surface area is 162 Å². The van der Waals surface area contributed by atoms with Crippen LogP contribution in [0.2, 0.25) is 0 Å². The van der Waals surface area contributed by atoms with Crippen LogP contribution in [0.3, 0.4) is 0 Å². The number of rotatable bonds is 8. The SMILES string of the molecule is COc1ccccc1CCNc1cc(C(=O)NCc2ccc(F)cc2)ncn1. The molecule has 3 aromatic rings. The van der Waals surface area contributed by atoms with Crippen LogP contribution in [-0.2, 0) is 13.0 Å². The van der Waals surface area contributed by atoms with Crippen molar-refractivity contribution in [1.82, 2.24) is 15.3 Å². The number of para-hydroxylation sites is 1. The van der Waals surface area contributed by atoms with E-state index < -0.39 is 0 Å². The van der Waals surface area contributed by atoms with Crippen molar-refractivity contribution in [1.29, 1.82) is 0 Å². The van der Waals surface area contributed by atoms with E-state index in [1.807, 2.05) is 24.3 Å². The number of anilines is 1. The van der Waals surface area contributed by atoms with Gasteiger partial charge in [0.1, 0.15) is 29.4 Å². The number of hydrogen-bond acceptors (Lipinski definition) is 5. The average molecular weight is 380 g/mol. The number of aromatic nitrogens is 2. The molecule has 144 valence electrons. The molecule has 28 heavy (non-hydrogen) atoms. The minimum Gasteiger partial charge on any atom is -0.496 e. The zero-order valence-electron chi connectivity index (χ0n) is 15.5. The van der Waals surface area contributed by atoms with Crippen molar-refractivity contribution < 1.29 is 13.9 Å². The first-order valence-corrected chi connectivity index (χ1v) is 8.86. The van der Waals surface area contributed by atoms with Crippen LogP contribution in [0.4, 0.5) is 10.2 Å². The number of hydrogen-bond donors (Lipinski definition) is 2. The molecule has 0 saturated carbocycles. The Morgan fingerprint density at radius 2 is 1.89 bits per heavy atom. The van der Waals surface area contributed by atoms with Crippen molar-refractivity contribution in [2.24, 2.45) is 0 Å². The fourth-order valence-electron chi connectivity index (χ4n) is 2.69. The van der Waals surface area contributed by atoms with Crippen molar-refractivity contribution in [3.05, 3.63) is 83.6 Å².